The van der Waals surface area contributed by atoms with E-state index in [-0.39, 0.29) is 5.91 Å². The van der Waals surface area contributed by atoms with E-state index in [1.54, 1.807) is 12.1 Å². The number of amides is 1. The van der Waals surface area contributed by atoms with Crippen LogP contribution in [0.3, 0.4) is 0 Å². The zero-order valence-electron chi connectivity index (χ0n) is 9.23. The van der Waals surface area contributed by atoms with E-state index < -0.39 is 6.04 Å². The van der Waals surface area contributed by atoms with Crippen molar-refractivity contribution < 1.29 is 4.79 Å². The van der Waals surface area contributed by atoms with E-state index in [4.69, 9.17) is 11.0 Å². The van der Waals surface area contributed by atoms with E-state index in [1.165, 1.54) is 0 Å². The Bertz CT molecular complexity index is 392. The molecule has 1 atom stereocenters. The first kappa shape index (κ1) is 12.2. The number of benzene rings is 1. The summed E-state index contributed by atoms with van der Waals surface area (Å²) in [6, 6.07) is 8.76. The van der Waals surface area contributed by atoms with Gasteiger partial charge in [0, 0.05) is 5.69 Å². The lowest BCUT2D eigenvalue weighted by Gasteiger charge is -2.10. The Hall–Kier alpha value is -1.86. The third kappa shape index (κ3) is 3.37. The lowest BCUT2D eigenvalue weighted by molar-refractivity contribution is -0.117. The van der Waals surface area contributed by atoms with Crippen LogP contribution in [-0.2, 0) is 11.2 Å². The molecule has 0 radical (unpaired) electrons. The molecule has 1 amide bonds. The molecule has 84 valence electrons. The van der Waals surface area contributed by atoms with Crippen LogP contribution in [0, 0.1) is 11.3 Å². The molecule has 1 rings (SSSR count). The van der Waals surface area contributed by atoms with E-state index in [2.05, 4.69) is 11.4 Å². The topological polar surface area (TPSA) is 78.9 Å². The van der Waals surface area contributed by atoms with Crippen molar-refractivity contribution >= 4 is 11.6 Å². The number of anilines is 1. The molecule has 4 heteroatoms. The molecule has 4 nitrogen and oxygen atoms in total. The van der Waals surface area contributed by atoms with Crippen LogP contribution in [0.5, 0.6) is 0 Å². The Morgan fingerprint density at radius 1 is 1.50 bits per heavy atom. The summed E-state index contributed by atoms with van der Waals surface area (Å²) in [5.74, 6) is -0.185. The highest BCUT2D eigenvalue weighted by Crippen LogP contribution is 2.10. The van der Waals surface area contributed by atoms with Crippen molar-refractivity contribution in [3.63, 3.8) is 0 Å². The van der Waals surface area contributed by atoms with Gasteiger partial charge in [0.1, 0.15) is 0 Å². The highest BCUT2D eigenvalue weighted by molar-refractivity contribution is 5.94. The maximum Gasteiger partial charge on any atom is 0.241 e. The highest BCUT2D eigenvalue weighted by Gasteiger charge is 2.10. The molecule has 0 aliphatic heterocycles. The minimum absolute atomic E-state index is 0.185. The maximum absolute atomic E-state index is 11.5. The second-order valence-corrected chi connectivity index (χ2v) is 3.54. The Morgan fingerprint density at radius 2 is 2.12 bits per heavy atom. The minimum atomic E-state index is -0.473. The smallest absolute Gasteiger partial charge is 0.241 e. The maximum atomic E-state index is 11.5. The molecule has 0 saturated carbocycles. The van der Waals surface area contributed by atoms with Gasteiger partial charge in [-0.05, 0) is 24.1 Å². The molecule has 0 aliphatic rings. The SMILES string of the molecule is CC[C@@H](N)C(=O)Nc1ccc(CC#N)cc1. The number of carbonyl (C=O) groups is 1. The van der Waals surface area contributed by atoms with Crippen LogP contribution >= 0.6 is 0 Å². The quantitative estimate of drug-likeness (QED) is 0.800. The van der Waals surface area contributed by atoms with Crippen molar-refractivity contribution in [3.05, 3.63) is 29.8 Å². The van der Waals surface area contributed by atoms with Gasteiger partial charge in [0.25, 0.3) is 0 Å². The van der Waals surface area contributed by atoms with Crippen LogP contribution in [0.4, 0.5) is 5.69 Å². The molecule has 0 fully saturated rings. The van der Waals surface area contributed by atoms with Crippen molar-refractivity contribution in [2.75, 3.05) is 5.32 Å². The normalized spacial score (nSPS) is 11.6. The van der Waals surface area contributed by atoms with Crippen LogP contribution < -0.4 is 11.1 Å². The van der Waals surface area contributed by atoms with Gasteiger partial charge < -0.3 is 11.1 Å². The number of nitrogens with zero attached hydrogens (tertiary/aromatic N) is 1. The number of nitrogens with two attached hydrogens (primary N) is 1. The fourth-order valence-electron chi connectivity index (χ4n) is 1.22. The average Bonchev–Trinajstić information content (AvgIpc) is 2.31. The highest BCUT2D eigenvalue weighted by atomic mass is 16.2. The van der Waals surface area contributed by atoms with E-state index >= 15 is 0 Å². The van der Waals surface area contributed by atoms with E-state index in [1.807, 2.05) is 19.1 Å². The fraction of sp³-hybridized carbons (Fsp3) is 0.333. The summed E-state index contributed by atoms with van der Waals surface area (Å²) in [6.45, 7) is 1.86. The summed E-state index contributed by atoms with van der Waals surface area (Å²) in [6.07, 6.45) is 0.987. The summed E-state index contributed by atoms with van der Waals surface area (Å²) >= 11 is 0. The van der Waals surface area contributed by atoms with Crippen LogP contribution in [0.2, 0.25) is 0 Å². The summed E-state index contributed by atoms with van der Waals surface area (Å²) in [5, 5.41) is 11.2. The van der Waals surface area contributed by atoms with Gasteiger partial charge in [0.15, 0.2) is 0 Å². The van der Waals surface area contributed by atoms with Crippen LogP contribution in [0.1, 0.15) is 18.9 Å². The van der Waals surface area contributed by atoms with Gasteiger partial charge in [-0.15, -0.1) is 0 Å². The molecule has 0 bridgehead atoms. The summed E-state index contributed by atoms with van der Waals surface area (Å²) in [4.78, 5) is 11.5. The first-order chi connectivity index (χ1) is 7.67. The molecule has 1 aromatic rings. The summed E-state index contributed by atoms with van der Waals surface area (Å²) in [7, 11) is 0. The standard InChI is InChI=1S/C12H15N3O/c1-2-11(14)12(16)15-10-5-3-9(4-6-10)7-8-13/h3-6,11H,2,7,14H2,1H3,(H,15,16)/t11-/m1/s1. The predicted molar refractivity (Wildman–Crippen MR) is 62.7 cm³/mol. The average molecular weight is 217 g/mol. The van der Waals surface area contributed by atoms with Gasteiger partial charge in [-0.1, -0.05) is 19.1 Å². The summed E-state index contributed by atoms with van der Waals surface area (Å²) in [5.41, 5.74) is 7.22. The Morgan fingerprint density at radius 3 is 2.62 bits per heavy atom. The van der Waals surface area contributed by atoms with Gasteiger partial charge in [-0.3, -0.25) is 4.79 Å². The molecule has 16 heavy (non-hydrogen) atoms. The van der Waals surface area contributed by atoms with Crippen LogP contribution in [0.25, 0.3) is 0 Å². The van der Waals surface area contributed by atoms with Gasteiger partial charge in [0.2, 0.25) is 5.91 Å². The number of hydrogen-bond acceptors (Lipinski definition) is 3. The predicted octanol–water partition coefficient (Wildman–Crippen LogP) is 1.43. The molecule has 0 aliphatic carbocycles. The van der Waals surface area contributed by atoms with Crippen molar-refractivity contribution in [2.45, 2.75) is 25.8 Å². The number of carbonyl (C=O) groups excluding carboxylic acids is 1. The molecule has 0 saturated heterocycles. The van der Waals surface area contributed by atoms with Gasteiger partial charge in [-0.2, -0.15) is 5.26 Å². The Balaban J connectivity index is 2.62. The Kier molecular flexibility index (Phi) is 4.49. The lowest BCUT2D eigenvalue weighted by atomic mass is 10.1. The molecule has 0 spiro atoms. The third-order valence-electron chi connectivity index (χ3n) is 2.28. The van der Waals surface area contributed by atoms with Crippen LogP contribution in [-0.4, -0.2) is 11.9 Å². The molecular weight excluding hydrogens is 202 g/mol. The molecule has 0 aromatic heterocycles. The molecule has 0 heterocycles. The second kappa shape index (κ2) is 5.89. The second-order valence-electron chi connectivity index (χ2n) is 3.54. The third-order valence-corrected chi connectivity index (χ3v) is 2.28. The largest absolute Gasteiger partial charge is 0.325 e. The number of nitriles is 1. The van der Waals surface area contributed by atoms with Crippen molar-refractivity contribution in [1.29, 1.82) is 5.26 Å². The zero-order valence-corrected chi connectivity index (χ0v) is 9.23. The Labute approximate surface area is 95.1 Å². The molecule has 3 N–H and O–H groups in total. The molecule has 1 aromatic carbocycles. The van der Waals surface area contributed by atoms with Crippen molar-refractivity contribution in [2.24, 2.45) is 5.73 Å². The monoisotopic (exact) mass is 217 g/mol. The lowest BCUT2D eigenvalue weighted by Crippen LogP contribution is -2.34. The molecule has 0 unspecified atom stereocenters. The van der Waals surface area contributed by atoms with Gasteiger partial charge in [0.05, 0.1) is 18.5 Å². The van der Waals surface area contributed by atoms with Gasteiger partial charge in [-0.25, -0.2) is 0 Å². The minimum Gasteiger partial charge on any atom is -0.325 e. The zero-order chi connectivity index (χ0) is 12.0. The van der Waals surface area contributed by atoms with Crippen molar-refractivity contribution in [3.8, 4) is 6.07 Å². The number of hydrogen-bond donors (Lipinski definition) is 2. The van der Waals surface area contributed by atoms with E-state index in [9.17, 15) is 4.79 Å². The first-order valence-corrected chi connectivity index (χ1v) is 5.19. The van der Waals surface area contributed by atoms with Crippen molar-refractivity contribution in [1.82, 2.24) is 0 Å². The number of rotatable bonds is 4. The fourth-order valence-corrected chi connectivity index (χ4v) is 1.22. The summed E-state index contributed by atoms with van der Waals surface area (Å²) < 4.78 is 0. The van der Waals surface area contributed by atoms with Crippen LogP contribution in [0.15, 0.2) is 24.3 Å². The number of nitrogens with one attached hydrogen (secondary N) is 1. The first-order valence-electron chi connectivity index (χ1n) is 5.19. The van der Waals surface area contributed by atoms with E-state index in [0.717, 1.165) is 5.56 Å². The van der Waals surface area contributed by atoms with Gasteiger partial charge >= 0.3 is 0 Å². The molecular formula is C12H15N3O. The van der Waals surface area contributed by atoms with E-state index in [0.29, 0.717) is 18.5 Å².